The van der Waals surface area contributed by atoms with Gasteiger partial charge < -0.3 is 4.74 Å². The molecule has 2 nitrogen and oxygen atoms in total. The average molecular weight is 271 g/mol. The van der Waals surface area contributed by atoms with Crippen LogP contribution in [0, 0.1) is 0 Å². The van der Waals surface area contributed by atoms with E-state index in [4.69, 9.17) is 4.74 Å². The number of hydrogen-bond donors (Lipinski definition) is 0. The molecule has 0 N–H and O–H groups in total. The van der Waals surface area contributed by atoms with E-state index in [1.54, 1.807) is 6.92 Å². The second kappa shape index (κ2) is 5.91. The molecular weight excluding hydrogens is 256 g/mol. The second-order valence-corrected chi connectivity index (χ2v) is 4.25. The van der Waals surface area contributed by atoms with Crippen LogP contribution in [0.1, 0.15) is 32.3 Å². The van der Waals surface area contributed by atoms with Gasteiger partial charge in [-0.15, -0.1) is 0 Å². The lowest BCUT2D eigenvalue weighted by Gasteiger charge is -2.09. The number of hydrogen-bond acceptors (Lipinski definition) is 2. The molecule has 1 aromatic rings. The van der Waals surface area contributed by atoms with E-state index in [0.717, 1.165) is 22.9 Å². The highest BCUT2D eigenvalue weighted by Crippen LogP contribution is 2.24. The van der Waals surface area contributed by atoms with E-state index < -0.39 is 0 Å². The maximum Gasteiger partial charge on any atom is 0.310 e. The summed E-state index contributed by atoms with van der Waals surface area (Å²) >= 11 is 3.41. The molecule has 82 valence electrons. The molecule has 1 aromatic carbocycles. The molecule has 0 unspecified atom stereocenters. The highest BCUT2D eigenvalue weighted by Gasteiger charge is 2.07. The van der Waals surface area contributed by atoms with Crippen LogP contribution in [-0.4, -0.2) is 5.97 Å². The first-order valence-electron chi connectivity index (χ1n) is 5.16. The van der Waals surface area contributed by atoms with Crippen LogP contribution < -0.4 is 4.74 Å². The van der Waals surface area contributed by atoms with Gasteiger partial charge in [0.05, 0.1) is 0 Å². The smallest absolute Gasteiger partial charge is 0.310 e. The molecule has 0 fully saturated rings. The predicted octanol–water partition coefficient (Wildman–Crippen LogP) is 3.72. The Kier molecular flexibility index (Phi) is 4.82. The van der Waals surface area contributed by atoms with Crippen molar-refractivity contribution in [3.63, 3.8) is 0 Å². The minimum Gasteiger partial charge on any atom is -0.426 e. The fourth-order valence-electron chi connectivity index (χ4n) is 1.31. The van der Waals surface area contributed by atoms with E-state index in [1.165, 1.54) is 0 Å². The Labute approximate surface area is 98.8 Å². The molecule has 0 saturated heterocycles. The largest absolute Gasteiger partial charge is 0.426 e. The topological polar surface area (TPSA) is 26.3 Å². The van der Waals surface area contributed by atoms with Gasteiger partial charge in [0.15, 0.2) is 0 Å². The maximum atomic E-state index is 11.2. The molecule has 1 rings (SSSR count). The van der Waals surface area contributed by atoms with E-state index >= 15 is 0 Å². The summed E-state index contributed by atoms with van der Waals surface area (Å²) in [7, 11) is 0. The van der Waals surface area contributed by atoms with Crippen LogP contribution in [0.5, 0.6) is 5.75 Å². The van der Waals surface area contributed by atoms with Crippen molar-refractivity contribution in [2.75, 3.05) is 0 Å². The molecule has 0 aliphatic heterocycles. The lowest BCUT2D eigenvalue weighted by Crippen LogP contribution is -2.07. The number of ether oxygens (including phenoxy) is 1. The Morgan fingerprint density at radius 3 is 2.73 bits per heavy atom. The Morgan fingerprint density at radius 1 is 1.40 bits per heavy atom. The zero-order valence-corrected chi connectivity index (χ0v) is 10.6. The Morgan fingerprint density at radius 2 is 2.13 bits per heavy atom. The minimum absolute atomic E-state index is 0.185. The Balaban J connectivity index is 2.89. The molecule has 0 aromatic heterocycles. The summed E-state index contributed by atoms with van der Waals surface area (Å²) in [5.41, 5.74) is 1.08. The molecule has 0 amide bonds. The first-order chi connectivity index (χ1) is 7.17. The molecule has 0 atom stereocenters. The first kappa shape index (κ1) is 12.2. The van der Waals surface area contributed by atoms with E-state index in [-0.39, 0.29) is 5.97 Å². The number of rotatable bonds is 4. The van der Waals surface area contributed by atoms with Crippen LogP contribution in [0.4, 0.5) is 0 Å². The highest BCUT2D eigenvalue weighted by atomic mass is 79.9. The number of esters is 1. The molecule has 0 radical (unpaired) electrons. The van der Waals surface area contributed by atoms with Gasteiger partial charge in [-0.2, -0.15) is 0 Å². The van der Waals surface area contributed by atoms with E-state index in [9.17, 15) is 4.79 Å². The predicted molar refractivity (Wildman–Crippen MR) is 64.1 cm³/mol. The summed E-state index contributed by atoms with van der Waals surface area (Å²) in [6.45, 7) is 3.90. The lowest BCUT2D eigenvalue weighted by molar-refractivity contribution is -0.134. The SMILES string of the molecule is CCCc1cc(Br)ccc1OC(=O)CC. The zero-order valence-electron chi connectivity index (χ0n) is 9.05. The standard InChI is InChI=1S/C12H15BrO2/c1-3-5-9-8-10(13)6-7-11(9)15-12(14)4-2/h6-8H,3-5H2,1-2H3. The highest BCUT2D eigenvalue weighted by molar-refractivity contribution is 9.10. The van der Waals surface area contributed by atoms with E-state index in [2.05, 4.69) is 22.9 Å². The summed E-state index contributed by atoms with van der Waals surface area (Å²) in [4.78, 5) is 11.2. The summed E-state index contributed by atoms with van der Waals surface area (Å²) in [6, 6.07) is 5.72. The van der Waals surface area contributed by atoms with Gasteiger partial charge in [0.1, 0.15) is 5.75 Å². The van der Waals surface area contributed by atoms with Crippen LogP contribution in [0.25, 0.3) is 0 Å². The molecule has 15 heavy (non-hydrogen) atoms. The van der Waals surface area contributed by atoms with Crippen LogP contribution in [0.3, 0.4) is 0 Å². The van der Waals surface area contributed by atoms with Crippen molar-refractivity contribution in [3.8, 4) is 5.75 Å². The van der Waals surface area contributed by atoms with Gasteiger partial charge in [-0.1, -0.05) is 36.2 Å². The Bertz CT molecular complexity index is 347. The normalized spacial score (nSPS) is 10.1. The number of halogens is 1. The second-order valence-electron chi connectivity index (χ2n) is 3.33. The zero-order chi connectivity index (χ0) is 11.3. The van der Waals surface area contributed by atoms with Crippen molar-refractivity contribution in [2.24, 2.45) is 0 Å². The fourth-order valence-corrected chi connectivity index (χ4v) is 1.72. The third-order valence-corrected chi connectivity index (χ3v) is 2.55. The molecule has 0 heterocycles. The summed E-state index contributed by atoms with van der Waals surface area (Å²) in [5.74, 6) is 0.501. The van der Waals surface area contributed by atoms with Crippen molar-refractivity contribution in [2.45, 2.75) is 33.1 Å². The maximum absolute atomic E-state index is 11.2. The summed E-state index contributed by atoms with van der Waals surface area (Å²) in [5, 5.41) is 0. The van der Waals surface area contributed by atoms with Crippen molar-refractivity contribution >= 4 is 21.9 Å². The van der Waals surface area contributed by atoms with Gasteiger partial charge in [-0.25, -0.2) is 0 Å². The van der Waals surface area contributed by atoms with E-state index in [1.807, 2.05) is 18.2 Å². The minimum atomic E-state index is -0.185. The number of carbonyl (C=O) groups is 1. The van der Waals surface area contributed by atoms with Gasteiger partial charge in [-0.05, 0) is 30.2 Å². The molecular formula is C12H15BrO2. The van der Waals surface area contributed by atoms with Crippen LogP contribution >= 0.6 is 15.9 Å². The van der Waals surface area contributed by atoms with Crippen molar-refractivity contribution in [3.05, 3.63) is 28.2 Å². The average Bonchev–Trinajstić information content (AvgIpc) is 2.22. The van der Waals surface area contributed by atoms with Gasteiger partial charge in [-0.3, -0.25) is 4.79 Å². The summed E-state index contributed by atoms with van der Waals surface area (Å²) in [6.07, 6.45) is 2.36. The molecule has 0 bridgehead atoms. The van der Waals surface area contributed by atoms with E-state index in [0.29, 0.717) is 12.2 Å². The van der Waals surface area contributed by atoms with Crippen molar-refractivity contribution in [1.82, 2.24) is 0 Å². The molecule has 0 aliphatic rings. The van der Waals surface area contributed by atoms with Crippen LogP contribution in [0.2, 0.25) is 0 Å². The summed E-state index contributed by atoms with van der Waals surface area (Å²) < 4.78 is 6.26. The number of carbonyl (C=O) groups excluding carboxylic acids is 1. The van der Waals surface area contributed by atoms with Crippen molar-refractivity contribution in [1.29, 1.82) is 0 Å². The first-order valence-corrected chi connectivity index (χ1v) is 5.95. The fraction of sp³-hybridized carbons (Fsp3) is 0.417. The van der Waals surface area contributed by atoms with Gasteiger partial charge in [0, 0.05) is 10.9 Å². The molecule has 0 spiro atoms. The van der Waals surface area contributed by atoms with Crippen LogP contribution in [0.15, 0.2) is 22.7 Å². The number of benzene rings is 1. The lowest BCUT2D eigenvalue weighted by atomic mass is 10.1. The Hall–Kier alpha value is -0.830. The quantitative estimate of drug-likeness (QED) is 0.616. The van der Waals surface area contributed by atoms with Gasteiger partial charge in [0.25, 0.3) is 0 Å². The van der Waals surface area contributed by atoms with Gasteiger partial charge in [0.2, 0.25) is 0 Å². The molecule has 0 aliphatic carbocycles. The third kappa shape index (κ3) is 3.67. The van der Waals surface area contributed by atoms with Crippen LogP contribution in [-0.2, 0) is 11.2 Å². The number of aryl methyl sites for hydroxylation is 1. The van der Waals surface area contributed by atoms with Gasteiger partial charge >= 0.3 is 5.97 Å². The monoisotopic (exact) mass is 270 g/mol. The molecule has 3 heteroatoms. The third-order valence-electron chi connectivity index (χ3n) is 2.05. The molecule has 0 saturated carbocycles. The van der Waals surface area contributed by atoms with Crippen molar-refractivity contribution < 1.29 is 9.53 Å².